The lowest BCUT2D eigenvalue weighted by Gasteiger charge is -2.34. The third kappa shape index (κ3) is 9.90. The van der Waals surface area contributed by atoms with Gasteiger partial charge < -0.3 is 47.5 Å². The number of nitrogens with zero attached hydrogens (tertiary/aromatic N) is 6. The normalized spacial score (nSPS) is 15.4. The Balaban J connectivity index is 1.10. The van der Waals surface area contributed by atoms with Crippen LogP contribution in [0.25, 0.3) is 11.0 Å². The minimum Gasteiger partial charge on any atom is -0.497 e. The predicted octanol–water partition coefficient (Wildman–Crippen LogP) is 5.74. The zero-order chi connectivity index (χ0) is 46.1. The maximum Gasteiger partial charge on any atom is 0.510 e. The van der Waals surface area contributed by atoms with Crippen molar-refractivity contribution in [3.05, 3.63) is 131 Å². The molecule has 0 saturated carbocycles. The largest absolute Gasteiger partial charge is 0.510 e. The molecule has 0 bridgehead atoms. The highest BCUT2D eigenvalue weighted by atomic mass is 16.7. The van der Waals surface area contributed by atoms with Gasteiger partial charge in [-0.1, -0.05) is 66.7 Å². The van der Waals surface area contributed by atoms with E-state index in [9.17, 15) is 33.6 Å². The van der Waals surface area contributed by atoms with Gasteiger partial charge in [0.05, 0.1) is 26.7 Å². The molecule has 1 atom stereocenters. The van der Waals surface area contributed by atoms with Crippen LogP contribution in [0, 0.1) is 0 Å². The molecule has 0 N–H and O–H groups in total. The van der Waals surface area contributed by atoms with Gasteiger partial charge in [-0.3, -0.25) is 14.6 Å². The highest BCUT2D eigenvalue weighted by molar-refractivity contribution is 6.14. The summed E-state index contributed by atoms with van der Waals surface area (Å²) >= 11 is 0. The Morgan fingerprint density at radius 2 is 1.40 bits per heavy atom. The van der Waals surface area contributed by atoms with Gasteiger partial charge >= 0.3 is 30.5 Å². The molecule has 0 aliphatic carbocycles. The molecule has 0 spiro atoms. The highest BCUT2D eigenvalue weighted by Crippen LogP contribution is 2.43. The fraction of sp³-hybridized carbons (Fsp3) is 0.289. The number of urea groups is 1. The molecule has 5 aromatic rings. The molecule has 0 unspecified atom stereocenters. The van der Waals surface area contributed by atoms with E-state index >= 15 is 0 Å². The molecule has 65 heavy (non-hydrogen) atoms. The molecular weight excluding hydrogens is 849 g/mol. The number of benzene rings is 3. The van der Waals surface area contributed by atoms with Crippen molar-refractivity contribution >= 4 is 53.2 Å². The third-order valence-corrected chi connectivity index (χ3v) is 10.6. The number of likely N-dealkylation sites (N-methyl/N-ethyl adjacent to an activating group) is 2. The molecule has 0 radical (unpaired) electrons. The number of ether oxygens (including phenoxy) is 6. The number of fused-ring (bicyclic) bond motifs is 2. The first-order valence-corrected chi connectivity index (χ1v) is 20.2. The molecule has 1 saturated heterocycles. The van der Waals surface area contributed by atoms with Crippen LogP contribution in [0.3, 0.4) is 0 Å². The van der Waals surface area contributed by atoms with E-state index < -0.39 is 67.7 Å². The van der Waals surface area contributed by atoms with E-state index in [4.69, 9.17) is 32.8 Å². The summed E-state index contributed by atoms with van der Waals surface area (Å²) in [5, 5.41) is 0.388. The van der Waals surface area contributed by atoms with Crippen molar-refractivity contribution in [2.75, 3.05) is 60.8 Å². The molecule has 20 nitrogen and oxygen atoms in total. The van der Waals surface area contributed by atoms with Crippen molar-refractivity contribution in [1.82, 2.24) is 29.5 Å². The number of methoxy groups -OCH3 is 1. The fourth-order valence-corrected chi connectivity index (χ4v) is 7.03. The second kappa shape index (κ2) is 19.9. The van der Waals surface area contributed by atoms with E-state index in [1.54, 1.807) is 60.7 Å². The Labute approximate surface area is 371 Å². The van der Waals surface area contributed by atoms with E-state index in [2.05, 4.69) is 4.98 Å². The Bertz CT molecular complexity index is 2540. The molecule has 338 valence electrons. The standard InChI is InChI=1S/C45H44N6O14/c1-47(41(55)62-26-30-10-6-4-7-11-30)18-20-60-43(57)51-40(54)50(29-64-44(58)61-21-19-48(2)42(56)63-27-31-12-8-5-9-13-31)39(53)45(51,37-22-33-24-46-17-16-36(33)65-37)28-49-25-32-14-15-34(59-3)23-35(32)38(49)52/h4-17,22-24H,18-21,25-29H2,1-3H3/t45-/m0/s1. The zero-order valence-electron chi connectivity index (χ0n) is 35.6. The first-order valence-electron chi connectivity index (χ1n) is 20.2. The molecule has 4 heterocycles. The van der Waals surface area contributed by atoms with Gasteiger partial charge in [-0.25, -0.2) is 33.8 Å². The van der Waals surface area contributed by atoms with Crippen molar-refractivity contribution in [1.29, 1.82) is 0 Å². The first kappa shape index (κ1) is 44.9. The summed E-state index contributed by atoms with van der Waals surface area (Å²) in [6.45, 7) is -2.86. The Hall–Kier alpha value is -8.16. The van der Waals surface area contributed by atoms with Gasteiger partial charge in [0.2, 0.25) is 5.54 Å². The number of hydrogen-bond acceptors (Lipinski definition) is 15. The van der Waals surface area contributed by atoms with E-state index in [0.717, 1.165) is 16.0 Å². The number of hydrogen-bond donors (Lipinski definition) is 0. The molecular formula is C45H44N6O14. The molecule has 2 aromatic heterocycles. The van der Waals surface area contributed by atoms with Gasteiger partial charge in [0.15, 0.2) is 6.73 Å². The van der Waals surface area contributed by atoms with Gasteiger partial charge in [0.25, 0.3) is 11.8 Å². The molecule has 2 aliphatic heterocycles. The molecule has 2 aliphatic rings. The number of pyridine rings is 1. The summed E-state index contributed by atoms with van der Waals surface area (Å²) in [6.07, 6.45) is -1.21. The molecule has 7 amide bonds. The van der Waals surface area contributed by atoms with E-state index in [-0.39, 0.29) is 56.4 Å². The maximum atomic E-state index is 15.0. The summed E-state index contributed by atoms with van der Waals surface area (Å²) in [4.78, 5) is 105. The maximum absolute atomic E-state index is 15.0. The van der Waals surface area contributed by atoms with E-state index in [0.29, 0.717) is 26.5 Å². The van der Waals surface area contributed by atoms with Gasteiger partial charge in [-0.2, -0.15) is 0 Å². The van der Waals surface area contributed by atoms with Crippen LogP contribution >= 0.6 is 0 Å². The summed E-state index contributed by atoms with van der Waals surface area (Å²) in [6, 6.07) is 24.5. The molecule has 1 fully saturated rings. The van der Waals surface area contributed by atoms with E-state index in [1.807, 2.05) is 12.1 Å². The Morgan fingerprint density at radius 3 is 2.02 bits per heavy atom. The Kier molecular flexibility index (Phi) is 13.7. The van der Waals surface area contributed by atoms with Crippen LogP contribution in [-0.2, 0) is 53.8 Å². The van der Waals surface area contributed by atoms with Gasteiger partial charge in [-0.15, -0.1) is 0 Å². The average Bonchev–Trinajstić information content (AvgIpc) is 3.96. The fourth-order valence-electron chi connectivity index (χ4n) is 7.03. The summed E-state index contributed by atoms with van der Waals surface area (Å²) in [5.74, 6) is -1.52. The van der Waals surface area contributed by atoms with Crippen LogP contribution in [0.5, 0.6) is 5.75 Å². The number of aromatic nitrogens is 1. The van der Waals surface area contributed by atoms with Crippen LogP contribution in [0.2, 0.25) is 0 Å². The SMILES string of the molecule is COc1ccc2c(c1)C(=O)N(C[C@]1(c3cc4cnccc4o3)C(=O)N(COC(=O)OCCN(C)C(=O)OCc3ccccc3)C(=O)N1C(=O)OCCN(C)C(=O)OCc1ccccc1)C2. The number of carbonyl (C=O) groups excluding carboxylic acids is 7. The lowest BCUT2D eigenvalue weighted by Crippen LogP contribution is -2.56. The van der Waals surface area contributed by atoms with Crippen LogP contribution in [-0.4, -0.2) is 133 Å². The minimum absolute atomic E-state index is 0.0120. The summed E-state index contributed by atoms with van der Waals surface area (Å²) in [5.41, 5.74) is 0.138. The lowest BCUT2D eigenvalue weighted by atomic mass is 9.93. The molecule has 3 aromatic carbocycles. The number of carbonyl (C=O) groups is 7. The highest BCUT2D eigenvalue weighted by Gasteiger charge is 2.65. The molecule has 7 rings (SSSR count). The third-order valence-electron chi connectivity index (χ3n) is 10.6. The number of imide groups is 2. The van der Waals surface area contributed by atoms with Gasteiger partial charge in [0, 0.05) is 44.0 Å². The van der Waals surface area contributed by atoms with Gasteiger partial charge in [0.1, 0.15) is 43.5 Å². The van der Waals surface area contributed by atoms with E-state index in [1.165, 1.54) is 61.6 Å². The Morgan fingerprint density at radius 1 is 0.769 bits per heavy atom. The van der Waals surface area contributed by atoms with Crippen LogP contribution < -0.4 is 4.74 Å². The van der Waals surface area contributed by atoms with Crippen molar-refractivity contribution < 1.29 is 66.4 Å². The van der Waals surface area contributed by atoms with Crippen molar-refractivity contribution in [2.45, 2.75) is 25.3 Å². The quantitative estimate of drug-likeness (QED) is 0.0656. The lowest BCUT2D eigenvalue weighted by molar-refractivity contribution is -0.137. The average molecular weight is 893 g/mol. The van der Waals surface area contributed by atoms with Crippen LogP contribution in [0.15, 0.2) is 108 Å². The zero-order valence-corrected chi connectivity index (χ0v) is 35.6. The number of amides is 7. The second-order valence-corrected chi connectivity index (χ2v) is 14.8. The number of rotatable bonds is 16. The number of furan rings is 1. The topological polar surface area (TPSA) is 217 Å². The van der Waals surface area contributed by atoms with Crippen LogP contribution in [0.4, 0.5) is 24.0 Å². The van der Waals surface area contributed by atoms with Crippen LogP contribution in [0.1, 0.15) is 32.8 Å². The van der Waals surface area contributed by atoms with Crippen molar-refractivity contribution in [3.8, 4) is 5.75 Å². The molecule has 20 heteroatoms. The second-order valence-electron chi connectivity index (χ2n) is 14.8. The van der Waals surface area contributed by atoms with Gasteiger partial charge in [-0.05, 0) is 41.0 Å². The van der Waals surface area contributed by atoms with Crippen molar-refractivity contribution in [2.24, 2.45) is 0 Å². The minimum atomic E-state index is -2.45. The first-order chi connectivity index (χ1) is 31.4. The monoisotopic (exact) mass is 892 g/mol. The summed E-state index contributed by atoms with van der Waals surface area (Å²) in [7, 11) is 4.29. The van der Waals surface area contributed by atoms with Crippen molar-refractivity contribution in [3.63, 3.8) is 0 Å². The predicted molar refractivity (Wildman–Crippen MR) is 225 cm³/mol. The smallest absolute Gasteiger partial charge is 0.497 e. The summed E-state index contributed by atoms with van der Waals surface area (Å²) < 4.78 is 38.0.